The molecule has 0 radical (unpaired) electrons. The number of para-hydroxylation sites is 1. The molecule has 152 valence electrons. The van der Waals surface area contributed by atoms with Crippen molar-refractivity contribution in [3.05, 3.63) is 23.8 Å². The Hall–Kier alpha value is -1.99. The predicted molar refractivity (Wildman–Crippen MR) is 107 cm³/mol. The number of hydrogen-bond donors (Lipinski definition) is 2. The van der Waals surface area contributed by atoms with Crippen LogP contribution in [0, 0.1) is 0 Å². The van der Waals surface area contributed by atoms with E-state index in [9.17, 15) is 0 Å². The summed E-state index contributed by atoms with van der Waals surface area (Å²) in [5.41, 5.74) is 1.06. The molecule has 1 fully saturated rings. The van der Waals surface area contributed by atoms with Crippen LogP contribution in [-0.4, -0.2) is 59.7 Å². The van der Waals surface area contributed by atoms with E-state index in [4.69, 9.17) is 18.9 Å². The van der Waals surface area contributed by atoms with Crippen molar-refractivity contribution in [3.63, 3.8) is 0 Å². The smallest absolute Gasteiger partial charge is 0.191 e. The minimum atomic E-state index is 0.279. The molecule has 1 aliphatic rings. The highest BCUT2D eigenvalue weighted by atomic mass is 16.5. The van der Waals surface area contributed by atoms with Crippen molar-refractivity contribution < 1.29 is 18.9 Å². The molecule has 0 aliphatic heterocycles. The van der Waals surface area contributed by atoms with Crippen LogP contribution in [0.2, 0.25) is 0 Å². The highest BCUT2D eigenvalue weighted by molar-refractivity contribution is 5.79. The van der Waals surface area contributed by atoms with Gasteiger partial charge < -0.3 is 29.6 Å². The molecule has 2 N–H and O–H groups in total. The van der Waals surface area contributed by atoms with Gasteiger partial charge in [-0.1, -0.05) is 12.1 Å². The fraction of sp³-hybridized carbons (Fsp3) is 0.650. The summed E-state index contributed by atoms with van der Waals surface area (Å²) in [6, 6.07) is 5.98. The fourth-order valence-corrected chi connectivity index (χ4v) is 3.05. The van der Waals surface area contributed by atoms with E-state index in [1.165, 1.54) is 12.8 Å². The van der Waals surface area contributed by atoms with Gasteiger partial charge >= 0.3 is 0 Å². The topological polar surface area (TPSA) is 73.3 Å². The van der Waals surface area contributed by atoms with Gasteiger partial charge in [-0.05, 0) is 31.7 Å². The Balaban J connectivity index is 1.87. The fourth-order valence-electron chi connectivity index (χ4n) is 3.05. The molecule has 2 rings (SSSR count). The van der Waals surface area contributed by atoms with Gasteiger partial charge in [0.15, 0.2) is 17.5 Å². The summed E-state index contributed by atoms with van der Waals surface area (Å²) in [6.07, 6.45) is 4.96. The first kappa shape index (κ1) is 21.3. The monoisotopic (exact) mass is 379 g/mol. The van der Waals surface area contributed by atoms with Crippen LogP contribution >= 0.6 is 0 Å². The summed E-state index contributed by atoms with van der Waals surface area (Å²) in [4.78, 5) is 4.25. The van der Waals surface area contributed by atoms with Gasteiger partial charge in [0.05, 0.1) is 33.0 Å². The van der Waals surface area contributed by atoms with Crippen LogP contribution in [0.25, 0.3) is 0 Å². The number of nitrogens with zero attached hydrogens (tertiary/aromatic N) is 1. The third-order valence-electron chi connectivity index (χ3n) is 4.51. The summed E-state index contributed by atoms with van der Waals surface area (Å²) in [7, 11) is 5.09. The Bertz CT molecular complexity index is 574. The number of nitrogens with one attached hydrogen (secondary N) is 2. The molecule has 0 heterocycles. The molecule has 1 aromatic rings. The second-order valence-corrected chi connectivity index (χ2v) is 6.43. The SMILES string of the molecule is CN=C(NCCOCCOC)NCc1cccc(OC)c1OC1CCCC1. The maximum Gasteiger partial charge on any atom is 0.191 e. The third-order valence-corrected chi connectivity index (χ3v) is 4.51. The molecule has 1 aromatic carbocycles. The maximum atomic E-state index is 6.27. The summed E-state index contributed by atoms with van der Waals surface area (Å²) >= 11 is 0. The largest absolute Gasteiger partial charge is 0.493 e. The van der Waals surface area contributed by atoms with Crippen molar-refractivity contribution in [2.45, 2.75) is 38.3 Å². The molecule has 0 amide bonds. The van der Waals surface area contributed by atoms with Crippen LogP contribution in [0.1, 0.15) is 31.2 Å². The van der Waals surface area contributed by atoms with Crippen LogP contribution in [-0.2, 0) is 16.0 Å². The van der Waals surface area contributed by atoms with E-state index < -0.39 is 0 Å². The molecule has 0 unspecified atom stereocenters. The van der Waals surface area contributed by atoms with Crippen molar-refractivity contribution >= 4 is 5.96 Å². The van der Waals surface area contributed by atoms with E-state index in [2.05, 4.69) is 21.7 Å². The first-order valence-electron chi connectivity index (χ1n) is 9.62. The number of aliphatic imine (C=N–C) groups is 1. The lowest BCUT2D eigenvalue weighted by molar-refractivity contribution is 0.0733. The molecule has 1 saturated carbocycles. The molecule has 7 heteroatoms. The zero-order valence-electron chi connectivity index (χ0n) is 16.8. The second kappa shape index (κ2) is 12.4. The Morgan fingerprint density at radius 2 is 1.93 bits per heavy atom. The van der Waals surface area contributed by atoms with Gasteiger partial charge in [0.2, 0.25) is 0 Å². The highest BCUT2D eigenvalue weighted by Crippen LogP contribution is 2.34. The van der Waals surface area contributed by atoms with Crippen molar-refractivity contribution in [3.8, 4) is 11.5 Å². The van der Waals surface area contributed by atoms with Crippen LogP contribution in [0.4, 0.5) is 0 Å². The Labute approximate surface area is 162 Å². The van der Waals surface area contributed by atoms with Gasteiger partial charge in [0.1, 0.15) is 0 Å². The van der Waals surface area contributed by atoms with Crippen LogP contribution in [0.3, 0.4) is 0 Å². The number of benzene rings is 1. The Morgan fingerprint density at radius 3 is 2.63 bits per heavy atom. The van der Waals surface area contributed by atoms with E-state index >= 15 is 0 Å². The average Bonchev–Trinajstić information content (AvgIpc) is 3.21. The van der Waals surface area contributed by atoms with E-state index in [-0.39, 0.29) is 6.10 Å². The molecule has 0 aromatic heterocycles. The zero-order chi connectivity index (χ0) is 19.3. The van der Waals surface area contributed by atoms with E-state index in [0.717, 1.165) is 35.9 Å². The molecule has 27 heavy (non-hydrogen) atoms. The number of methoxy groups -OCH3 is 2. The lowest BCUT2D eigenvalue weighted by Crippen LogP contribution is -2.38. The van der Waals surface area contributed by atoms with E-state index in [0.29, 0.717) is 32.9 Å². The summed E-state index contributed by atoms with van der Waals surface area (Å²) in [6.45, 7) is 3.07. The summed E-state index contributed by atoms with van der Waals surface area (Å²) in [5.74, 6) is 2.33. The molecule has 0 atom stereocenters. The van der Waals surface area contributed by atoms with Crippen molar-refractivity contribution in [2.75, 3.05) is 47.6 Å². The molecule has 0 spiro atoms. The normalized spacial score (nSPS) is 15.0. The first-order chi connectivity index (χ1) is 13.3. The van der Waals surface area contributed by atoms with Gasteiger partial charge in [-0.15, -0.1) is 0 Å². The van der Waals surface area contributed by atoms with Gasteiger partial charge in [-0.3, -0.25) is 4.99 Å². The minimum absolute atomic E-state index is 0.279. The van der Waals surface area contributed by atoms with Crippen molar-refractivity contribution in [1.29, 1.82) is 0 Å². The number of hydrogen-bond acceptors (Lipinski definition) is 5. The highest BCUT2D eigenvalue weighted by Gasteiger charge is 2.20. The van der Waals surface area contributed by atoms with Crippen LogP contribution in [0.15, 0.2) is 23.2 Å². The van der Waals surface area contributed by atoms with Crippen molar-refractivity contribution in [1.82, 2.24) is 10.6 Å². The van der Waals surface area contributed by atoms with E-state index in [1.54, 1.807) is 21.3 Å². The van der Waals surface area contributed by atoms with Gasteiger partial charge in [-0.25, -0.2) is 0 Å². The summed E-state index contributed by atoms with van der Waals surface area (Å²) in [5, 5.41) is 6.57. The number of guanidine groups is 1. The number of ether oxygens (including phenoxy) is 4. The molecular formula is C20H33N3O4. The first-order valence-corrected chi connectivity index (χ1v) is 9.62. The zero-order valence-corrected chi connectivity index (χ0v) is 16.8. The molecule has 7 nitrogen and oxygen atoms in total. The molecule has 0 saturated heterocycles. The standard InChI is InChI=1S/C20H33N3O4/c1-21-20(22-11-12-26-14-13-24-2)23-15-16-7-6-10-18(25-3)19(16)27-17-8-4-5-9-17/h6-7,10,17H,4-5,8-9,11-15H2,1-3H3,(H2,21,22,23). The second-order valence-electron chi connectivity index (χ2n) is 6.43. The average molecular weight is 380 g/mol. The Kier molecular flexibility index (Phi) is 9.79. The van der Waals surface area contributed by atoms with E-state index in [1.807, 2.05) is 12.1 Å². The molecule has 0 bridgehead atoms. The lowest BCUT2D eigenvalue weighted by atomic mass is 10.1. The van der Waals surface area contributed by atoms with Crippen LogP contribution < -0.4 is 20.1 Å². The van der Waals surface area contributed by atoms with Gasteiger partial charge in [-0.2, -0.15) is 0 Å². The molecule has 1 aliphatic carbocycles. The quantitative estimate of drug-likeness (QED) is 0.349. The van der Waals surface area contributed by atoms with Crippen LogP contribution in [0.5, 0.6) is 11.5 Å². The predicted octanol–water partition coefficient (Wildman–Crippen LogP) is 2.34. The minimum Gasteiger partial charge on any atom is -0.493 e. The van der Waals surface area contributed by atoms with Gasteiger partial charge in [0, 0.05) is 32.8 Å². The molecular weight excluding hydrogens is 346 g/mol. The lowest BCUT2D eigenvalue weighted by Gasteiger charge is -2.20. The third kappa shape index (κ3) is 7.27. The number of rotatable bonds is 11. The maximum absolute atomic E-state index is 6.27. The Morgan fingerprint density at radius 1 is 1.11 bits per heavy atom. The summed E-state index contributed by atoms with van der Waals surface area (Å²) < 4.78 is 22.2. The van der Waals surface area contributed by atoms with Gasteiger partial charge in [0.25, 0.3) is 0 Å². The van der Waals surface area contributed by atoms with Crippen molar-refractivity contribution in [2.24, 2.45) is 4.99 Å².